The van der Waals surface area contributed by atoms with Crippen LogP contribution in [0.15, 0.2) is 43.0 Å². The van der Waals surface area contributed by atoms with E-state index in [1.54, 1.807) is 40.2 Å². The molecule has 8 heteroatoms. The smallest absolute Gasteiger partial charge is 0.348 e. The quantitative estimate of drug-likeness (QED) is 0.839. The van der Waals surface area contributed by atoms with Crippen LogP contribution in [0.1, 0.15) is 19.8 Å². The van der Waals surface area contributed by atoms with Crippen molar-refractivity contribution >= 4 is 11.9 Å². The molecule has 0 aliphatic carbocycles. The SMILES string of the molecule is C[C@@H](Cn1cncn1)C(=O)N1CCC(Oc2ccccc2)(C(=O)O)CC1. The van der Waals surface area contributed by atoms with E-state index in [-0.39, 0.29) is 24.7 Å². The van der Waals surface area contributed by atoms with Crippen LogP contribution >= 0.6 is 0 Å². The maximum Gasteiger partial charge on any atom is 0.348 e. The van der Waals surface area contributed by atoms with Crippen LogP contribution in [0.4, 0.5) is 0 Å². The summed E-state index contributed by atoms with van der Waals surface area (Å²) >= 11 is 0. The summed E-state index contributed by atoms with van der Waals surface area (Å²) in [6, 6.07) is 8.92. The van der Waals surface area contributed by atoms with E-state index in [0.29, 0.717) is 25.4 Å². The number of hydrogen-bond acceptors (Lipinski definition) is 5. The fourth-order valence-electron chi connectivity index (χ4n) is 3.16. The summed E-state index contributed by atoms with van der Waals surface area (Å²) in [7, 11) is 0. The number of nitrogens with zero attached hydrogens (tertiary/aromatic N) is 4. The number of ether oxygens (including phenoxy) is 1. The molecule has 1 aliphatic heterocycles. The van der Waals surface area contributed by atoms with Crippen LogP contribution in [0.3, 0.4) is 0 Å². The second-order valence-electron chi connectivity index (χ2n) is 6.56. The predicted octanol–water partition coefficient (Wildman–Crippen LogP) is 1.44. The second-order valence-corrected chi connectivity index (χ2v) is 6.56. The lowest BCUT2D eigenvalue weighted by Gasteiger charge is -2.39. The van der Waals surface area contributed by atoms with E-state index in [1.165, 1.54) is 6.33 Å². The molecule has 1 N–H and O–H groups in total. The first kappa shape index (κ1) is 17.9. The minimum Gasteiger partial charge on any atom is -0.478 e. The van der Waals surface area contributed by atoms with Gasteiger partial charge in [-0.2, -0.15) is 5.10 Å². The molecular formula is C18H22N4O4. The zero-order chi connectivity index (χ0) is 18.6. The maximum absolute atomic E-state index is 12.6. The standard InChI is InChI=1S/C18H22N4O4/c1-14(11-22-13-19-12-20-22)16(23)21-9-7-18(8-10-21,17(24)25)26-15-5-3-2-4-6-15/h2-6,12-14H,7-11H2,1H3,(H,24,25)/t14-/m0/s1. The highest BCUT2D eigenvalue weighted by atomic mass is 16.5. The average Bonchev–Trinajstić information content (AvgIpc) is 3.15. The van der Waals surface area contributed by atoms with Crippen LogP contribution in [-0.2, 0) is 16.1 Å². The monoisotopic (exact) mass is 358 g/mol. The molecule has 1 amide bonds. The minimum atomic E-state index is -1.30. The van der Waals surface area contributed by atoms with Gasteiger partial charge in [0, 0.05) is 25.9 Å². The van der Waals surface area contributed by atoms with E-state index in [1.807, 2.05) is 13.0 Å². The molecule has 2 heterocycles. The van der Waals surface area contributed by atoms with Gasteiger partial charge < -0.3 is 14.7 Å². The van der Waals surface area contributed by atoms with E-state index in [4.69, 9.17) is 4.74 Å². The van der Waals surface area contributed by atoms with E-state index >= 15 is 0 Å². The van der Waals surface area contributed by atoms with Crippen LogP contribution in [0.2, 0.25) is 0 Å². The Morgan fingerprint density at radius 3 is 2.54 bits per heavy atom. The Morgan fingerprint density at radius 2 is 1.96 bits per heavy atom. The summed E-state index contributed by atoms with van der Waals surface area (Å²) in [6.07, 6.45) is 3.50. The Hall–Kier alpha value is -2.90. The van der Waals surface area contributed by atoms with Crippen molar-refractivity contribution in [1.82, 2.24) is 19.7 Å². The van der Waals surface area contributed by atoms with Crippen molar-refractivity contribution in [2.24, 2.45) is 5.92 Å². The highest BCUT2D eigenvalue weighted by Gasteiger charge is 2.45. The maximum atomic E-state index is 12.6. The Morgan fingerprint density at radius 1 is 1.27 bits per heavy atom. The lowest BCUT2D eigenvalue weighted by atomic mass is 9.90. The molecule has 0 spiro atoms. The number of piperidine rings is 1. The molecule has 2 aromatic rings. The molecule has 1 aliphatic rings. The van der Waals surface area contributed by atoms with Gasteiger partial charge in [-0.25, -0.2) is 9.78 Å². The lowest BCUT2D eigenvalue weighted by molar-refractivity contribution is -0.162. The largest absolute Gasteiger partial charge is 0.478 e. The first-order valence-electron chi connectivity index (χ1n) is 8.59. The van der Waals surface area contributed by atoms with Crippen LogP contribution in [0, 0.1) is 5.92 Å². The van der Waals surface area contributed by atoms with Crippen LogP contribution in [0.5, 0.6) is 5.75 Å². The fraction of sp³-hybridized carbons (Fsp3) is 0.444. The summed E-state index contributed by atoms with van der Waals surface area (Å²) in [5, 5.41) is 13.7. The van der Waals surface area contributed by atoms with Crippen LogP contribution in [-0.4, -0.2) is 55.3 Å². The summed E-state index contributed by atoms with van der Waals surface area (Å²) in [6.45, 7) is 2.97. The van der Waals surface area contributed by atoms with Crippen molar-refractivity contribution in [1.29, 1.82) is 0 Å². The summed E-state index contributed by atoms with van der Waals surface area (Å²) in [5.41, 5.74) is -1.30. The van der Waals surface area contributed by atoms with Crippen LogP contribution in [0.25, 0.3) is 0 Å². The van der Waals surface area contributed by atoms with Gasteiger partial charge in [0.25, 0.3) is 0 Å². The molecule has 0 saturated carbocycles. The zero-order valence-corrected chi connectivity index (χ0v) is 14.6. The average molecular weight is 358 g/mol. The Bertz CT molecular complexity index is 740. The molecule has 0 radical (unpaired) electrons. The second kappa shape index (κ2) is 7.55. The first-order valence-corrected chi connectivity index (χ1v) is 8.59. The number of rotatable bonds is 6. The molecule has 0 unspecified atom stereocenters. The molecule has 3 rings (SSSR count). The third-order valence-corrected chi connectivity index (χ3v) is 4.68. The Balaban J connectivity index is 1.62. The van der Waals surface area contributed by atoms with Gasteiger partial charge in [0.05, 0.1) is 12.5 Å². The van der Waals surface area contributed by atoms with Gasteiger partial charge in [-0.1, -0.05) is 25.1 Å². The normalized spacial score (nSPS) is 17.5. The van der Waals surface area contributed by atoms with Gasteiger partial charge in [-0.05, 0) is 12.1 Å². The number of benzene rings is 1. The van der Waals surface area contributed by atoms with Gasteiger partial charge in [0.15, 0.2) is 0 Å². The molecule has 0 bridgehead atoms. The van der Waals surface area contributed by atoms with Gasteiger partial charge in [0.1, 0.15) is 18.4 Å². The van der Waals surface area contributed by atoms with Crippen molar-refractivity contribution in [2.45, 2.75) is 31.9 Å². The molecule has 138 valence electrons. The predicted molar refractivity (Wildman–Crippen MR) is 92.4 cm³/mol. The van der Waals surface area contributed by atoms with Gasteiger partial charge in [0.2, 0.25) is 11.5 Å². The van der Waals surface area contributed by atoms with E-state index in [9.17, 15) is 14.7 Å². The molecule has 8 nitrogen and oxygen atoms in total. The van der Waals surface area contributed by atoms with Crippen molar-refractivity contribution < 1.29 is 19.4 Å². The summed E-state index contributed by atoms with van der Waals surface area (Å²) in [5.74, 6) is -0.749. The Labute approximate surface area is 151 Å². The zero-order valence-electron chi connectivity index (χ0n) is 14.6. The number of carboxylic acid groups (broad SMARTS) is 1. The topological polar surface area (TPSA) is 97.5 Å². The molecule has 1 aromatic carbocycles. The molecule has 1 saturated heterocycles. The number of carbonyl (C=O) groups is 2. The molecular weight excluding hydrogens is 336 g/mol. The van der Waals surface area contributed by atoms with Crippen LogP contribution < -0.4 is 4.74 Å². The van der Waals surface area contributed by atoms with E-state index in [0.717, 1.165) is 0 Å². The third-order valence-electron chi connectivity index (χ3n) is 4.68. The number of likely N-dealkylation sites (tertiary alicyclic amines) is 1. The number of carboxylic acids is 1. The molecule has 26 heavy (non-hydrogen) atoms. The minimum absolute atomic E-state index is 0.0146. The third kappa shape index (κ3) is 3.84. The number of aliphatic carboxylic acids is 1. The van der Waals surface area contributed by atoms with E-state index in [2.05, 4.69) is 10.1 Å². The number of aromatic nitrogens is 3. The molecule has 1 aromatic heterocycles. The van der Waals surface area contributed by atoms with Gasteiger partial charge in [-0.15, -0.1) is 0 Å². The first-order chi connectivity index (χ1) is 12.5. The van der Waals surface area contributed by atoms with Gasteiger partial charge in [-0.3, -0.25) is 9.48 Å². The van der Waals surface area contributed by atoms with Crippen molar-refractivity contribution in [3.05, 3.63) is 43.0 Å². The summed E-state index contributed by atoms with van der Waals surface area (Å²) in [4.78, 5) is 30.1. The lowest BCUT2D eigenvalue weighted by Crippen LogP contribution is -2.55. The summed E-state index contributed by atoms with van der Waals surface area (Å²) < 4.78 is 7.44. The highest BCUT2D eigenvalue weighted by Crippen LogP contribution is 2.30. The highest BCUT2D eigenvalue weighted by molar-refractivity contribution is 5.81. The molecule has 1 fully saturated rings. The van der Waals surface area contributed by atoms with Crippen molar-refractivity contribution in [3.8, 4) is 5.75 Å². The fourth-order valence-corrected chi connectivity index (χ4v) is 3.16. The number of amides is 1. The van der Waals surface area contributed by atoms with E-state index < -0.39 is 11.6 Å². The number of carbonyl (C=O) groups excluding carboxylic acids is 1. The van der Waals surface area contributed by atoms with Gasteiger partial charge >= 0.3 is 5.97 Å². The number of para-hydroxylation sites is 1. The number of hydrogen-bond donors (Lipinski definition) is 1. The van der Waals surface area contributed by atoms with Crippen molar-refractivity contribution in [3.63, 3.8) is 0 Å². The van der Waals surface area contributed by atoms with Crippen molar-refractivity contribution in [2.75, 3.05) is 13.1 Å². The molecule has 1 atom stereocenters. The Kier molecular flexibility index (Phi) is 5.20.